The Morgan fingerprint density at radius 3 is 2.87 bits per heavy atom. The molecule has 0 aromatic carbocycles. The summed E-state index contributed by atoms with van der Waals surface area (Å²) in [6.07, 6.45) is 1.39. The number of rotatable bonds is 4. The minimum Gasteiger partial charge on any atom is -0.245 e. The van der Waals surface area contributed by atoms with Crippen molar-refractivity contribution < 1.29 is 0 Å². The largest absolute Gasteiger partial charge is 0.245 e. The van der Waals surface area contributed by atoms with Gasteiger partial charge in [-0.05, 0) is 25.5 Å². The molecule has 0 saturated carbocycles. The third-order valence-corrected chi connectivity index (χ3v) is 2.87. The van der Waals surface area contributed by atoms with Crippen LogP contribution in [0.1, 0.15) is 24.1 Å². The van der Waals surface area contributed by atoms with E-state index in [1.165, 1.54) is 0 Å². The van der Waals surface area contributed by atoms with Crippen LogP contribution in [0.25, 0.3) is 0 Å². The van der Waals surface area contributed by atoms with Gasteiger partial charge in [-0.3, -0.25) is 0 Å². The fraction of sp³-hybridized carbons (Fsp3) is 0.364. The molecule has 0 bridgehead atoms. The second-order valence-corrected chi connectivity index (χ2v) is 4.11. The summed E-state index contributed by atoms with van der Waals surface area (Å²) in [5.41, 5.74) is 1.53. The summed E-state index contributed by atoms with van der Waals surface area (Å²) in [5, 5.41) is 18.0. The highest BCUT2D eigenvalue weighted by atomic mass is 32.2. The molecule has 1 aromatic rings. The number of aryl methyl sites for hydroxylation is 1. The second-order valence-electron chi connectivity index (χ2n) is 3.03. The molecule has 0 atom stereocenters. The highest BCUT2D eigenvalue weighted by Crippen LogP contribution is 2.21. The average Bonchev–Trinajstić information content (AvgIpc) is 2.25. The number of thioether (sulfide) groups is 1. The summed E-state index contributed by atoms with van der Waals surface area (Å²) in [6, 6.07) is 7.83. The van der Waals surface area contributed by atoms with Crippen LogP contribution >= 0.6 is 11.8 Å². The fourth-order valence-electron chi connectivity index (χ4n) is 1.05. The maximum atomic E-state index is 8.86. The topological polar surface area (TPSA) is 60.5 Å². The Hall–Kier alpha value is -1.52. The van der Waals surface area contributed by atoms with Crippen molar-refractivity contribution in [2.75, 3.05) is 5.75 Å². The lowest BCUT2D eigenvalue weighted by Gasteiger charge is -2.02. The van der Waals surface area contributed by atoms with Gasteiger partial charge in [0.25, 0.3) is 0 Å². The average molecular weight is 217 g/mol. The Balaban J connectivity index is 2.64. The molecule has 1 heterocycles. The third-order valence-electron chi connectivity index (χ3n) is 1.79. The molecule has 1 aromatic heterocycles. The number of unbranched alkanes of at least 4 members (excludes halogenated alkanes) is 1. The van der Waals surface area contributed by atoms with E-state index in [4.69, 9.17) is 10.5 Å². The van der Waals surface area contributed by atoms with Gasteiger partial charge in [-0.25, -0.2) is 4.98 Å². The van der Waals surface area contributed by atoms with E-state index in [0.29, 0.717) is 12.0 Å². The van der Waals surface area contributed by atoms with Gasteiger partial charge in [0.1, 0.15) is 11.1 Å². The van der Waals surface area contributed by atoms with Gasteiger partial charge in [0, 0.05) is 17.9 Å². The number of nitriles is 2. The molecule has 15 heavy (non-hydrogen) atoms. The van der Waals surface area contributed by atoms with Gasteiger partial charge >= 0.3 is 0 Å². The van der Waals surface area contributed by atoms with Gasteiger partial charge in [-0.1, -0.05) is 0 Å². The number of aromatic nitrogens is 1. The molecule has 0 fully saturated rings. The lowest BCUT2D eigenvalue weighted by atomic mass is 10.3. The zero-order chi connectivity index (χ0) is 11.1. The highest BCUT2D eigenvalue weighted by Gasteiger charge is 2.04. The normalized spacial score (nSPS) is 9.27. The Kier molecular flexibility index (Phi) is 4.66. The van der Waals surface area contributed by atoms with Crippen molar-refractivity contribution >= 4 is 11.8 Å². The monoisotopic (exact) mass is 217 g/mol. The van der Waals surface area contributed by atoms with Crippen molar-refractivity contribution in [1.82, 2.24) is 4.98 Å². The van der Waals surface area contributed by atoms with E-state index in [9.17, 15) is 0 Å². The van der Waals surface area contributed by atoms with E-state index in [2.05, 4.69) is 17.1 Å². The summed E-state index contributed by atoms with van der Waals surface area (Å²) < 4.78 is 0. The summed E-state index contributed by atoms with van der Waals surface area (Å²) in [7, 11) is 0. The zero-order valence-corrected chi connectivity index (χ0v) is 9.34. The van der Waals surface area contributed by atoms with Crippen molar-refractivity contribution in [3.05, 3.63) is 23.4 Å². The molecule has 0 spiro atoms. The molecule has 0 aliphatic heterocycles. The molecule has 1 rings (SSSR count). The predicted octanol–water partition coefficient (Wildman–Crippen LogP) is 2.66. The van der Waals surface area contributed by atoms with Gasteiger partial charge in [0.15, 0.2) is 0 Å². The first kappa shape index (κ1) is 11.6. The smallest absolute Gasteiger partial charge is 0.114 e. The SMILES string of the molecule is Cc1ccc(C#N)c(SCCCC#N)n1. The van der Waals surface area contributed by atoms with Crippen LogP contribution < -0.4 is 0 Å². The van der Waals surface area contributed by atoms with Gasteiger partial charge < -0.3 is 0 Å². The van der Waals surface area contributed by atoms with Gasteiger partial charge in [-0.2, -0.15) is 10.5 Å². The predicted molar refractivity (Wildman–Crippen MR) is 59.3 cm³/mol. The first-order valence-corrected chi connectivity index (χ1v) is 5.64. The Morgan fingerprint density at radius 1 is 1.40 bits per heavy atom. The summed E-state index contributed by atoms with van der Waals surface area (Å²) >= 11 is 1.54. The molecular weight excluding hydrogens is 206 g/mol. The van der Waals surface area contributed by atoms with E-state index in [0.717, 1.165) is 22.9 Å². The molecular formula is C11H11N3S. The van der Waals surface area contributed by atoms with Crippen LogP contribution in [0.5, 0.6) is 0 Å². The lowest BCUT2D eigenvalue weighted by Crippen LogP contribution is -1.90. The number of hydrogen-bond acceptors (Lipinski definition) is 4. The first-order valence-electron chi connectivity index (χ1n) is 4.65. The van der Waals surface area contributed by atoms with E-state index in [-0.39, 0.29) is 0 Å². The van der Waals surface area contributed by atoms with Crippen molar-refractivity contribution in [3.8, 4) is 12.1 Å². The van der Waals surface area contributed by atoms with Crippen LogP contribution in [0.2, 0.25) is 0 Å². The van der Waals surface area contributed by atoms with E-state index in [1.54, 1.807) is 17.8 Å². The lowest BCUT2D eigenvalue weighted by molar-refractivity contribution is 0.972. The number of hydrogen-bond donors (Lipinski definition) is 0. The first-order chi connectivity index (χ1) is 7.27. The van der Waals surface area contributed by atoms with Gasteiger partial charge in [-0.15, -0.1) is 11.8 Å². The molecule has 0 aliphatic rings. The molecule has 0 aliphatic carbocycles. The summed E-state index contributed by atoms with van der Waals surface area (Å²) in [5.74, 6) is 0.832. The minimum absolute atomic E-state index is 0.556. The maximum Gasteiger partial charge on any atom is 0.114 e. The van der Waals surface area contributed by atoms with Crippen LogP contribution in [0.3, 0.4) is 0 Å². The molecule has 3 nitrogen and oxygen atoms in total. The Morgan fingerprint density at radius 2 is 2.20 bits per heavy atom. The number of nitrogens with zero attached hydrogens (tertiary/aromatic N) is 3. The van der Waals surface area contributed by atoms with Crippen LogP contribution in [-0.4, -0.2) is 10.7 Å². The van der Waals surface area contributed by atoms with E-state index in [1.807, 2.05) is 13.0 Å². The Bertz CT molecular complexity index is 415. The highest BCUT2D eigenvalue weighted by molar-refractivity contribution is 7.99. The third kappa shape index (κ3) is 3.61. The van der Waals surface area contributed by atoms with Crippen LogP contribution in [-0.2, 0) is 0 Å². The Labute approximate surface area is 93.7 Å². The van der Waals surface area contributed by atoms with Gasteiger partial charge in [0.05, 0.1) is 11.6 Å². The van der Waals surface area contributed by atoms with Gasteiger partial charge in [0.2, 0.25) is 0 Å². The molecule has 0 amide bonds. The molecule has 0 saturated heterocycles. The van der Waals surface area contributed by atoms with Crippen molar-refractivity contribution in [2.24, 2.45) is 0 Å². The summed E-state index contributed by atoms with van der Waals surface area (Å²) in [6.45, 7) is 1.90. The van der Waals surface area contributed by atoms with E-state index < -0.39 is 0 Å². The zero-order valence-electron chi connectivity index (χ0n) is 8.53. The van der Waals surface area contributed by atoms with Crippen LogP contribution in [0.4, 0.5) is 0 Å². The van der Waals surface area contributed by atoms with Crippen LogP contribution in [0.15, 0.2) is 17.2 Å². The molecule has 4 heteroatoms. The number of pyridine rings is 1. The quantitative estimate of drug-likeness (QED) is 0.574. The molecule has 76 valence electrons. The van der Waals surface area contributed by atoms with Crippen molar-refractivity contribution in [2.45, 2.75) is 24.8 Å². The van der Waals surface area contributed by atoms with E-state index >= 15 is 0 Å². The van der Waals surface area contributed by atoms with Crippen molar-refractivity contribution in [1.29, 1.82) is 10.5 Å². The molecule has 0 unspecified atom stereocenters. The maximum absolute atomic E-state index is 8.86. The minimum atomic E-state index is 0.556. The molecule has 0 radical (unpaired) electrons. The fourth-order valence-corrected chi connectivity index (χ4v) is 2.01. The van der Waals surface area contributed by atoms with Crippen LogP contribution in [0, 0.1) is 29.6 Å². The standard InChI is InChI=1S/C11H11N3S/c1-9-4-5-10(8-13)11(14-9)15-7-3-2-6-12/h4-5H,2-3,7H2,1H3. The second kappa shape index (κ2) is 6.06. The summed E-state index contributed by atoms with van der Waals surface area (Å²) in [4.78, 5) is 4.30. The molecule has 0 N–H and O–H groups in total. The van der Waals surface area contributed by atoms with Crippen molar-refractivity contribution in [3.63, 3.8) is 0 Å².